The minimum Gasteiger partial charge on any atom is -0.329 e. The number of likely N-dealkylation sites (tertiary alicyclic amines) is 2. The van der Waals surface area contributed by atoms with E-state index in [9.17, 15) is 4.79 Å². The van der Waals surface area contributed by atoms with Crippen LogP contribution in [0.15, 0.2) is 0 Å². The second-order valence-electron chi connectivity index (χ2n) is 4.75. The molecular weight excluding hydrogens is 200 g/mol. The Hall–Kier alpha value is -1.01. The first-order chi connectivity index (χ1) is 7.77. The number of carbonyl (C=O) groups excluding carboxylic acids is 1. The van der Waals surface area contributed by atoms with Crippen molar-refractivity contribution in [2.75, 3.05) is 26.2 Å². The third-order valence-electron chi connectivity index (χ3n) is 3.50. The molecule has 2 aliphatic rings. The van der Waals surface area contributed by atoms with Gasteiger partial charge in [-0.05, 0) is 39.3 Å². The minimum absolute atomic E-state index is 0.267. The Labute approximate surface area is 97.8 Å². The highest BCUT2D eigenvalue weighted by molar-refractivity contribution is 5.78. The molecule has 0 aromatic rings. The first-order valence-corrected chi connectivity index (χ1v) is 6.25. The second-order valence-corrected chi connectivity index (χ2v) is 4.75. The van der Waals surface area contributed by atoms with Crippen molar-refractivity contribution in [1.29, 1.82) is 0 Å². The van der Waals surface area contributed by atoms with Crippen LogP contribution < -0.4 is 0 Å². The van der Waals surface area contributed by atoms with Gasteiger partial charge in [0.05, 0.1) is 13.1 Å². The smallest absolute Gasteiger partial charge is 0.223 e. The van der Waals surface area contributed by atoms with Crippen molar-refractivity contribution in [3.8, 4) is 11.8 Å². The number of nitrogens with zero attached hydrogens (tertiary/aromatic N) is 2. The van der Waals surface area contributed by atoms with Crippen molar-refractivity contribution in [2.45, 2.75) is 38.6 Å². The molecular formula is C13H20N2O. The van der Waals surface area contributed by atoms with Gasteiger partial charge in [0, 0.05) is 12.5 Å². The fourth-order valence-corrected chi connectivity index (χ4v) is 2.37. The second kappa shape index (κ2) is 5.36. The van der Waals surface area contributed by atoms with E-state index in [1.165, 1.54) is 25.9 Å². The normalized spacial score (nSPS) is 25.9. The van der Waals surface area contributed by atoms with Crippen molar-refractivity contribution in [3.63, 3.8) is 0 Å². The Morgan fingerprint density at radius 2 is 1.94 bits per heavy atom. The lowest BCUT2D eigenvalue weighted by Crippen LogP contribution is -2.31. The van der Waals surface area contributed by atoms with Crippen molar-refractivity contribution < 1.29 is 4.79 Å². The highest BCUT2D eigenvalue weighted by Crippen LogP contribution is 2.16. The third kappa shape index (κ3) is 2.76. The van der Waals surface area contributed by atoms with Gasteiger partial charge in [0.15, 0.2) is 0 Å². The largest absolute Gasteiger partial charge is 0.329 e. The molecule has 2 fully saturated rings. The van der Waals surface area contributed by atoms with Crippen molar-refractivity contribution in [1.82, 2.24) is 9.80 Å². The molecule has 0 aromatic carbocycles. The molecule has 2 saturated heterocycles. The molecule has 1 amide bonds. The summed E-state index contributed by atoms with van der Waals surface area (Å²) in [5.74, 6) is 6.57. The first kappa shape index (κ1) is 11.5. The van der Waals surface area contributed by atoms with Gasteiger partial charge in [-0.15, -0.1) is 0 Å². The van der Waals surface area contributed by atoms with E-state index in [-0.39, 0.29) is 5.91 Å². The molecule has 1 atom stereocenters. The fraction of sp³-hybridized carbons (Fsp3) is 0.769. The Morgan fingerprint density at radius 3 is 2.56 bits per heavy atom. The highest BCUT2D eigenvalue weighted by Gasteiger charge is 2.26. The Bertz CT molecular complexity index is 310. The van der Waals surface area contributed by atoms with E-state index < -0.39 is 0 Å². The molecule has 0 aromatic heterocycles. The maximum absolute atomic E-state index is 11.5. The van der Waals surface area contributed by atoms with Gasteiger partial charge in [-0.25, -0.2) is 0 Å². The summed E-state index contributed by atoms with van der Waals surface area (Å²) < 4.78 is 0. The van der Waals surface area contributed by atoms with Crippen LogP contribution in [0.2, 0.25) is 0 Å². The monoisotopic (exact) mass is 220 g/mol. The van der Waals surface area contributed by atoms with Crippen molar-refractivity contribution in [3.05, 3.63) is 0 Å². The summed E-state index contributed by atoms with van der Waals surface area (Å²) in [5, 5.41) is 0. The van der Waals surface area contributed by atoms with Crippen LogP contribution in [0.3, 0.4) is 0 Å². The Balaban J connectivity index is 1.73. The molecule has 0 bridgehead atoms. The zero-order chi connectivity index (χ0) is 11.4. The summed E-state index contributed by atoms with van der Waals surface area (Å²) >= 11 is 0. The van der Waals surface area contributed by atoms with Crippen molar-refractivity contribution in [2.24, 2.45) is 0 Å². The van der Waals surface area contributed by atoms with E-state index in [4.69, 9.17) is 0 Å². The average Bonchev–Trinajstić information content (AvgIpc) is 2.87. The fourth-order valence-electron chi connectivity index (χ4n) is 2.37. The number of hydrogen-bond acceptors (Lipinski definition) is 2. The maximum atomic E-state index is 11.5. The van der Waals surface area contributed by atoms with Crippen molar-refractivity contribution >= 4 is 5.91 Å². The lowest BCUT2D eigenvalue weighted by atomic mass is 10.2. The van der Waals surface area contributed by atoms with Gasteiger partial charge in [-0.1, -0.05) is 11.8 Å². The van der Waals surface area contributed by atoms with Gasteiger partial charge in [-0.3, -0.25) is 9.69 Å². The van der Waals surface area contributed by atoms with E-state index in [0.717, 1.165) is 13.0 Å². The molecule has 16 heavy (non-hydrogen) atoms. The standard InChI is InChI=1S/C13H20N2O/c1-12-6-7-13(16)15(12)11-5-4-10-14-8-2-3-9-14/h12H,2-3,6-11H2,1H3/t12-/m1/s1. The van der Waals surface area contributed by atoms with E-state index in [0.29, 0.717) is 19.0 Å². The van der Waals surface area contributed by atoms with Crippen LogP contribution in [0.5, 0.6) is 0 Å². The molecule has 2 rings (SSSR count). The summed E-state index contributed by atoms with van der Waals surface area (Å²) in [6, 6.07) is 0.383. The molecule has 2 aliphatic heterocycles. The number of hydrogen-bond donors (Lipinski definition) is 0. The first-order valence-electron chi connectivity index (χ1n) is 6.25. The molecule has 3 heteroatoms. The minimum atomic E-state index is 0.267. The van der Waals surface area contributed by atoms with Gasteiger partial charge in [-0.2, -0.15) is 0 Å². The highest BCUT2D eigenvalue weighted by atomic mass is 16.2. The number of amides is 1. The third-order valence-corrected chi connectivity index (χ3v) is 3.50. The van der Waals surface area contributed by atoms with Crippen LogP contribution in [-0.2, 0) is 4.79 Å². The SMILES string of the molecule is C[C@@H]1CCC(=O)N1CC#CCN1CCCC1. The molecule has 0 radical (unpaired) electrons. The topological polar surface area (TPSA) is 23.6 Å². The lowest BCUT2D eigenvalue weighted by Gasteiger charge is -2.18. The van der Waals surface area contributed by atoms with E-state index in [1.807, 2.05) is 4.90 Å². The summed E-state index contributed by atoms with van der Waals surface area (Å²) in [6.07, 6.45) is 4.31. The van der Waals surface area contributed by atoms with Gasteiger partial charge in [0.1, 0.15) is 0 Å². The van der Waals surface area contributed by atoms with Crippen LogP contribution in [-0.4, -0.2) is 47.9 Å². The van der Waals surface area contributed by atoms with Crippen LogP contribution >= 0.6 is 0 Å². The predicted octanol–water partition coefficient (Wildman–Crippen LogP) is 1.10. The molecule has 2 heterocycles. The molecule has 0 saturated carbocycles. The van der Waals surface area contributed by atoms with Crippen LogP contribution in [0, 0.1) is 11.8 Å². The number of carbonyl (C=O) groups is 1. The van der Waals surface area contributed by atoms with E-state index >= 15 is 0 Å². The van der Waals surface area contributed by atoms with Crippen LogP contribution in [0.1, 0.15) is 32.6 Å². The van der Waals surface area contributed by atoms with Gasteiger partial charge in [0.2, 0.25) is 5.91 Å². The molecule has 0 unspecified atom stereocenters. The zero-order valence-electron chi connectivity index (χ0n) is 10.0. The molecule has 0 N–H and O–H groups in total. The molecule has 3 nitrogen and oxygen atoms in total. The van der Waals surface area contributed by atoms with E-state index in [2.05, 4.69) is 23.7 Å². The summed E-state index contributed by atoms with van der Waals surface area (Å²) in [7, 11) is 0. The zero-order valence-corrected chi connectivity index (χ0v) is 10.0. The quantitative estimate of drug-likeness (QED) is 0.651. The summed E-state index contributed by atoms with van der Waals surface area (Å²) in [4.78, 5) is 15.8. The van der Waals surface area contributed by atoms with E-state index in [1.54, 1.807) is 0 Å². The lowest BCUT2D eigenvalue weighted by molar-refractivity contribution is -0.128. The van der Waals surface area contributed by atoms with Gasteiger partial charge < -0.3 is 4.90 Å². The molecule has 0 aliphatic carbocycles. The Kier molecular flexibility index (Phi) is 3.84. The molecule has 88 valence electrons. The van der Waals surface area contributed by atoms with Crippen LogP contribution in [0.25, 0.3) is 0 Å². The molecule has 0 spiro atoms. The maximum Gasteiger partial charge on any atom is 0.223 e. The van der Waals surface area contributed by atoms with Gasteiger partial charge >= 0.3 is 0 Å². The average molecular weight is 220 g/mol. The summed E-state index contributed by atoms with van der Waals surface area (Å²) in [6.45, 7) is 5.97. The Morgan fingerprint density at radius 1 is 1.25 bits per heavy atom. The van der Waals surface area contributed by atoms with Crippen LogP contribution in [0.4, 0.5) is 0 Å². The van der Waals surface area contributed by atoms with Gasteiger partial charge in [0.25, 0.3) is 0 Å². The summed E-state index contributed by atoms with van der Waals surface area (Å²) in [5.41, 5.74) is 0. The number of rotatable bonds is 2. The predicted molar refractivity (Wildman–Crippen MR) is 63.9 cm³/mol.